The molecule has 0 radical (unpaired) electrons. The molecule has 2 heterocycles. The van der Waals surface area contributed by atoms with Gasteiger partial charge in [-0.05, 0) is 50.6 Å². The molecule has 4 rings (SSSR count). The first-order chi connectivity index (χ1) is 14.5. The first-order valence-electron chi connectivity index (χ1n) is 9.85. The molecule has 1 aliphatic heterocycles. The van der Waals surface area contributed by atoms with Crippen LogP contribution in [0.1, 0.15) is 28.2 Å². The molecule has 0 bridgehead atoms. The number of methoxy groups -OCH3 is 1. The highest BCUT2D eigenvalue weighted by Gasteiger charge is 2.28. The predicted molar refractivity (Wildman–Crippen MR) is 117 cm³/mol. The topological polar surface area (TPSA) is 72.3 Å². The first-order valence-corrected chi connectivity index (χ1v) is 10.2. The number of nitrogens with zero attached hydrogens (tertiary/aromatic N) is 4. The molecular weight excluding hydrogens is 402 g/mol. The zero-order valence-electron chi connectivity index (χ0n) is 17.2. The molecule has 1 aromatic heterocycles. The summed E-state index contributed by atoms with van der Waals surface area (Å²) >= 11 is 6.16. The maximum absolute atomic E-state index is 12.8. The Balaban J connectivity index is 1.45. The van der Waals surface area contributed by atoms with Crippen LogP contribution in [0.5, 0.6) is 5.75 Å². The normalized spacial score (nSPS) is 16.0. The zero-order valence-corrected chi connectivity index (χ0v) is 18.0. The van der Waals surface area contributed by atoms with Crippen LogP contribution >= 0.6 is 11.6 Å². The molecule has 1 N–H and O–H groups in total. The van der Waals surface area contributed by atoms with Crippen molar-refractivity contribution in [2.75, 3.05) is 25.1 Å². The van der Waals surface area contributed by atoms with Gasteiger partial charge in [-0.15, -0.1) is 5.10 Å². The molecule has 0 spiro atoms. The van der Waals surface area contributed by atoms with Crippen molar-refractivity contribution in [2.45, 2.75) is 26.3 Å². The molecule has 0 saturated carbocycles. The SMILES string of the molecule is COc1ccc(Cl)cc1N1CCC(NC(=O)c2nnn(-c3ccc(C)cc3)c2C)C1. The predicted octanol–water partition coefficient (Wildman–Crippen LogP) is 3.55. The molecule has 0 aliphatic carbocycles. The molecule has 7 nitrogen and oxygen atoms in total. The molecule has 3 aromatic rings. The number of halogens is 1. The Kier molecular flexibility index (Phi) is 5.63. The minimum Gasteiger partial charge on any atom is -0.495 e. The number of amides is 1. The van der Waals surface area contributed by atoms with Crippen LogP contribution in [0.25, 0.3) is 5.69 Å². The summed E-state index contributed by atoms with van der Waals surface area (Å²) in [6.07, 6.45) is 0.826. The number of carbonyl (C=O) groups is 1. The molecular formula is C22H24ClN5O2. The van der Waals surface area contributed by atoms with E-state index in [0.29, 0.717) is 23.0 Å². The molecule has 1 unspecified atom stereocenters. The van der Waals surface area contributed by atoms with E-state index in [1.54, 1.807) is 17.9 Å². The van der Waals surface area contributed by atoms with Crippen molar-refractivity contribution in [3.63, 3.8) is 0 Å². The van der Waals surface area contributed by atoms with Gasteiger partial charge in [0.1, 0.15) is 5.75 Å². The van der Waals surface area contributed by atoms with Crippen LogP contribution in [-0.2, 0) is 0 Å². The lowest BCUT2D eigenvalue weighted by Crippen LogP contribution is -2.37. The number of benzene rings is 2. The smallest absolute Gasteiger partial charge is 0.274 e. The fourth-order valence-electron chi connectivity index (χ4n) is 3.73. The Bertz CT molecular complexity index is 1060. The van der Waals surface area contributed by atoms with Gasteiger partial charge in [0.25, 0.3) is 5.91 Å². The van der Waals surface area contributed by atoms with Crippen LogP contribution in [-0.4, -0.2) is 47.1 Å². The van der Waals surface area contributed by atoms with E-state index in [4.69, 9.17) is 16.3 Å². The van der Waals surface area contributed by atoms with E-state index in [1.807, 2.05) is 50.2 Å². The summed E-state index contributed by atoms with van der Waals surface area (Å²) in [5.74, 6) is 0.555. The standard InChI is InChI=1S/C22H24ClN5O2/c1-14-4-7-18(8-5-14)28-15(2)21(25-26-28)22(29)24-17-10-11-27(13-17)19-12-16(23)6-9-20(19)30-3/h4-9,12,17H,10-11,13H2,1-3H3,(H,24,29). The van der Waals surface area contributed by atoms with Gasteiger partial charge in [0, 0.05) is 24.2 Å². The quantitative estimate of drug-likeness (QED) is 0.676. The van der Waals surface area contributed by atoms with E-state index in [0.717, 1.165) is 35.7 Å². The van der Waals surface area contributed by atoms with Crippen molar-refractivity contribution in [3.8, 4) is 11.4 Å². The Labute approximate surface area is 180 Å². The van der Waals surface area contributed by atoms with Gasteiger partial charge < -0.3 is 15.0 Å². The maximum atomic E-state index is 12.8. The number of anilines is 1. The summed E-state index contributed by atoms with van der Waals surface area (Å²) in [5.41, 5.74) is 4.03. The number of nitrogens with one attached hydrogen (secondary N) is 1. The number of aromatic nitrogens is 3. The van der Waals surface area contributed by atoms with Crippen LogP contribution in [0.4, 0.5) is 5.69 Å². The Morgan fingerprint density at radius 1 is 1.20 bits per heavy atom. The van der Waals surface area contributed by atoms with E-state index in [2.05, 4.69) is 20.5 Å². The minimum absolute atomic E-state index is 0.00473. The van der Waals surface area contributed by atoms with Gasteiger partial charge in [-0.25, -0.2) is 4.68 Å². The second kappa shape index (κ2) is 8.36. The maximum Gasteiger partial charge on any atom is 0.274 e. The summed E-state index contributed by atoms with van der Waals surface area (Å²) in [6.45, 7) is 5.36. The Hall–Kier alpha value is -3.06. The third-order valence-electron chi connectivity index (χ3n) is 5.39. The third kappa shape index (κ3) is 3.98. The molecule has 30 heavy (non-hydrogen) atoms. The zero-order chi connectivity index (χ0) is 21.3. The van der Waals surface area contributed by atoms with Crippen molar-refractivity contribution in [3.05, 3.63) is 64.4 Å². The molecule has 2 aromatic carbocycles. The Morgan fingerprint density at radius 3 is 2.70 bits per heavy atom. The van der Waals surface area contributed by atoms with Gasteiger partial charge in [0.2, 0.25) is 0 Å². The van der Waals surface area contributed by atoms with Crippen molar-refractivity contribution in [1.29, 1.82) is 0 Å². The largest absolute Gasteiger partial charge is 0.495 e. The number of hydrogen-bond acceptors (Lipinski definition) is 5. The van der Waals surface area contributed by atoms with E-state index < -0.39 is 0 Å². The molecule has 1 atom stereocenters. The summed E-state index contributed by atoms with van der Waals surface area (Å²) in [7, 11) is 1.64. The third-order valence-corrected chi connectivity index (χ3v) is 5.63. The molecule has 1 aliphatic rings. The number of carbonyl (C=O) groups excluding carboxylic acids is 1. The van der Waals surface area contributed by atoms with Crippen LogP contribution in [0.3, 0.4) is 0 Å². The number of hydrogen-bond donors (Lipinski definition) is 1. The van der Waals surface area contributed by atoms with Crippen LogP contribution in [0.2, 0.25) is 5.02 Å². The van der Waals surface area contributed by atoms with E-state index in [1.165, 1.54) is 0 Å². The van der Waals surface area contributed by atoms with Gasteiger partial charge in [-0.3, -0.25) is 4.79 Å². The molecule has 8 heteroatoms. The van der Waals surface area contributed by atoms with E-state index >= 15 is 0 Å². The fraction of sp³-hybridized carbons (Fsp3) is 0.318. The van der Waals surface area contributed by atoms with Crippen LogP contribution in [0.15, 0.2) is 42.5 Å². The highest BCUT2D eigenvalue weighted by molar-refractivity contribution is 6.30. The highest BCUT2D eigenvalue weighted by atomic mass is 35.5. The van der Waals surface area contributed by atoms with Gasteiger partial charge in [0.05, 0.1) is 24.2 Å². The summed E-state index contributed by atoms with van der Waals surface area (Å²) in [4.78, 5) is 15.0. The summed E-state index contributed by atoms with van der Waals surface area (Å²) in [5, 5.41) is 12.0. The number of rotatable bonds is 5. The minimum atomic E-state index is -0.212. The molecule has 1 saturated heterocycles. The number of ether oxygens (including phenoxy) is 1. The number of aryl methyl sites for hydroxylation is 1. The van der Waals surface area contributed by atoms with Crippen LogP contribution in [0, 0.1) is 13.8 Å². The van der Waals surface area contributed by atoms with E-state index in [9.17, 15) is 4.79 Å². The fourth-order valence-corrected chi connectivity index (χ4v) is 3.90. The first kappa shape index (κ1) is 20.2. The van der Waals surface area contributed by atoms with Gasteiger partial charge in [0.15, 0.2) is 5.69 Å². The average Bonchev–Trinajstić information content (AvgIpc) is 3.35. The van der Waals surface area contributed by atoms with Gasteiger partial charge in [-0.1, -0.05) is 34.5 Å². The van der Waals surface area contributed by atoms with Crippen LogP contribution < -0.4 is 15.0 Å². The second-order valence-corrected chi connectivity index (χ2v) is 7.93. The lowest BCUT2D eigenvalue weighted by Gasteiger charge is -2.21. The van der Waals surface area contributed by atoms with Crippen molar-refractivity contribution in [1.82, 2.24) is 20.3 Å². The summed E-state index contributed by atoms with van der Waals surface area (Å²) in [6, 6.07) is 13.5. The lowest BCUT2D eigenvalue weighted by molar-refractivity contribution is 0.0934. The lowest BCUT2D eigenvalue weighted by atomic mass is 10.2. The highest BCUT2D eigenvalue weighted by Crippen LogP contribution is 2.33. The molecule has 156 valence electrons. The summed E-state index contributed by atoms with van der Waals surface area (Å²) < 4.78 is 7.14. The molecule has 1 fully saturated rings. The second-order valence-electron chi connectivity index (χ2n) is 7.49. The van der Waals surface area contributed by atoms with Crippen molar-refractivity contribution < 1.29 is 9.53 Å². The average molecular weight is 426 g/mol. The van der Waals surface area contributed by atoms with Gasteiger partial charge >= 0.3 is 0 Å². The monoisotopic (exact) mass is 425 g/mol. The molecule has 1 amide bonds. The van der Waals surface area contributed by atoms with E-state index in [-0.39, 0.29) is 11.9 Å². The van der Waals surface area contributed by atoms with Gasteiger partial charge in [-0.2, -0.15) is 0 Å². The van der Waals surface area contributed by atoms with Crippen molar-refractivity contribution in [2.24, 2.45) is 0 Å². The Morgan fingerprint density at radius 2 is 1.97 bits per heavy atom. The van der Waals surface area contributed by atoms with Crippen molar-refractivity contribution >= 4 is 23.2 Å².